The number of para-hydroxylation sites is 1. The van der Waals surface area contributed by atoms with Gasteiger partial charge in [0.25, 0.3) is 0 Å². The molecule has 144 valence electrons. The van der Waals surface area contributed by atoms with Crippen LogP contribution in [0.5, 0.6) is 0 Å². The Hall–Kier alpha value is -2.83. The van der Waals surface area contributed by atoms with E-state index in [-0.39, 0.29) is 0 Å². The van der Waals surface area contributed by atoms with Gasteiger partial charge in [-0.25, -0.2) is 9.97 Å². The second kappa shape index (κ2) is 8.91. The summed E-state index contributed by atoms with van der Waals surface area (Å²) in [6, 6.07) is 14.5. The molecule has 0 atom stereocenters. The minimum absolute atomic E-state index is 0.410. The minimum Gasteiger partial charge on any atom is -0.398 e. The van der Waals surface area contributed by atoms with E-state index in [1.807, 2.05) is 31.2 Å². The van der Waals surface area contributed by atoms with Crippen LogP contribution in [-0.4, -0.2) is 28.9 Å². The molecule has 6 nitrogen and oxygen atoms in total. The SMILES string of the molecule is Cc1cc(NCCN=C(N)c2ccccc2N)nc(-c2ccc(Cl)cc2Cl)n1. The zero-order chi connectivity index (χ0) is 20.1. The first-order valence-electron chi connectivity index (χ1n) is 8.64. The largest absolute Gasteiger partial charge is 0.398 e. The van der Waals surface area contributed by atoms with Gasteiger partial charge in [0.05, 0.1) is 11.6 Å². The molecule has 0 aliphatic carbocycles. The van der Waals surface area contributed by atoms with Crippen LogP contribution in [0.1, 0.15) is 11.3 Å². The molecule has 0 spiro atoms. The monoisotopic (exact) mass is 414 g/mol. The van der Waals surface area contributed by atoms with Crippen molar-refractivity contribution in [2.75, 3.05) is 24.1 Å². The summed E-state index contributed by atoms with van der Waals surface area (Å²) in [7, 11) is 0. The first-order chi connectivity index (χ1) is 13.4. The molecule has 0 saturated heterocycles. The van der Waals surface area contributed by atoms with Crippen molar-refractivity contribution in [2.45, 2.75) is 6.92 Å². The Morgan fingerprint density at radius 1 is 1.11 bits per heavy atom. The third-order valence-electron chi connectivity index (χ3n) is 3.96. The molecule has 0 saturated carbocycles. The van der Waals surface area contributed by atoms with Gasteiger partial charge in [-0.15, -0.1) is 0 Å². The first kappa shape index (κ1) is 19.9. The molecule has 0 fully saturated rings. The number of amidine groups is 1. The number of aromatic nitrogens is 2. The second-order valence-electron chi connectivity index (χ2n) is 6.12. The summed E-state index contributed by atoms with van der Waals surface area (Å²) in [4.78, 5) is 13.4. The van der Waals surface area contributed by atoms with Crippen LogP contribution in [0.25, 0.3) is 11.4 Å². The molecule has 8 heteroatoms. The molecule has 1 aromatic heterocycles. The van der Waals surface area contributed by atoms with Gasteiger partial charge in [-0.2, -0.15) is 0 Å². The molecule has 28 heavy (non-hydrogen) atoms. The van der Waals surface area contributed by atoms with Gasteiger partial charge in [-0.1, -0.05) is 35.3 Å². The molecule has 0 unspecified atom stereocenters. The van der Waals surface area contributed by atoms with Crippen molar-refractivity contribution in [1.82, 2.24) is 9.97 Å². The van der Waals surface area contributed by atoms with Gasteiger partial charge in [-0.05, 0) is 37.3 Å². The minimum atomic E-state index is 0.410. The number of nitrogen functional groups attached to an aromatic ring is 1. The molecule has 0 aliphatic heterocycles. The number of nitrogens with zero attached hydrogens (tertiary/aromatic N) is 3. The Labute approximate surface area is 173 Å². The Morgan fingerprint density at radius 3 is 2.64 bits per heavy atom. The van der Waals surface area contributed by atoms with Crippen molar-refractivity contribution in [2.24, 2.45) is 10.7 Å². The smallest absolute Gasteiger partial charge is 0.163 e. The van der Waals surface area contributed by atoms with Crippen LogP contribution < -0.4 is 16.8 Å². The normalized spacial score (nSPS) is 11.5. The lowest BCUT2D eigenvalue weighted by Crippen LogP contribution is -2.17. The van der Waals surface area contributed by atoms with E-state index in [1.54, 1.807) is 24.3 Å². The van der Waals surface area contributed by atoms with Crippen molar-refractivity contribution in [3.63, 3.8) is 0 Å². The fraction of sp³-hybridized carbons (Fsp3) is 0.150. The zero-order valence-electron chi connectivity index (χ0n) is 15.3. The summed E-state index contributed by atoms with van der Waals surface area (Å²) in [5, 5.41) is 4.30. The maximum atomic E-state index is 6.27. The van der Waals surface area contributed by atoms with Crippen LogP contribution in [0.15, 0.2) is 53.5 Å². The highest BCUT2D eigenvalue weighted by Gasteiger charge is 2.09. The highest BCUT2D eigenvalue weighted by Crippen LogP contribution is 2.28. The molecule has 1 heterocycles. The summed E-state index contributed by atoms with van der Waals surface area (Å²) >= 11 is 12.2. The lowest BCUT2D eigenvalue weighted by molar-refractivity contribution is 0.996. The molecule has 2 aromatic carbocycles. The van der Waals surface area contributed by atoms with E-state index in [9.17, 15) is 0 Å². The molecule has 0 amide bonds. The topological polar surface area (TPSA) is 102 Å². The molecule has 5 N–H and O–H groups in total. The van der Waals surface area contributed by atoms with Gasteiger partial charge in [0, 0.05) is 40.1 Å². The number of anilines is 2. The molecule has 0 radical (unpaired) electrons. The van der Waals surface area contributed by atoms with Crippen LogP contribution >= 0.6 is 23.2 Å². The van der Waals surface area contributed by atoms with Gasteiger partial charge in [0.1, 0.15) is 11.7 Å². The number of benzene rings is 2. The van der Waals surface area contributed by atoms with E-state index >= 15 is 0 Å². The number of nitrogens with one attached hydrogen (secondary N) is 1. The number of aliphatic imine (C=N–C) groups is 1. The maximum absolute atomic E-state index is 6.27. The summed E-state index contributed by atoms with van der Waals surface area (Å²) in [6.07, 6.45) is 0. The Balaban J connectivity index is 1.69. The molecule has 0 aliphatic rings. The molecular weight excluding hydrogens is 395 g/mol. The van der Waals surface area contributed by atoms with Crippen LogP contribution in [0.2, 0.25) is 10.0 Å². The predicted molar refractivity (Wildman–Crippen MR) is 117 cm³/mol. The van der Waals surface area contributed by atoms with Gasteiger partial charge >= 0.3 is 0 Å². The standard InChI is InChI=1S/C20H20Cl2N6/c1-12-10-18(28-20(27-12)14-7-6-13(21)11-16(14)22)25-8-9-26-19(24)15-4-2-3-5-17(15)23/h2-7,10-11H,8-9,23H2,1H3,(H2,24,26)(H,25,27,28). The van der Waals surface area contributed by atoms with E-state index in [0.717, 1.165) is 16.8 Å². The number of halogens is 2. The average Bonchev–Trinajstić information content (AvgIpc) is 2.65. The van der Waals surface area contributed by atoms with Crippen molar-refractivity contribution in [1.29, 1.82) is 0 Å². The summed E-state index contributed by atoms with van der Waals surface area (Å²) in [5.41, 5.74) is 14.8. The highest BCUT2D eigenvalue weighted by atomic mass is 35.5. The summed E-state index contributed by atoms with van der Waals surface area (Å²) in [5.74, 6) is 1.62. The maximum Gasteiger partial charge on any atom is 0.163 e. The Kier molecular flexibility index (Phi) is 6.34. The number of hydrogen-bond donors (Lipinski definition) is 3. The van der Waals surface area contributed by atoms with Crippen LogP contribution in [0, 0.1) is 6.92 Å². The molecule has 3 rings (SSSR count). The zero-order valence-corrected chi connectivity index (χ0v) is 16.8. The molecule has 0 bridgehead atoms. The van der Waals surface area contributed by atoms with Crippen molar-refractivity contribution in [3.8, 4) is 11.4 Å². The molecular formula is C20H20Cl2N6. The molecule has 3 aromatic rings. The highest BCUT2D eigenvalue weighted by molar-refractivity contribution is 6.36. The quantitative estimate of drug-likeness (QED) is 0.243. The number of aryl methyl sites for hydroxylation is 1. The third-order valence-corrected chi connectivity index (χ3v) is 4.51. The van der Waals surface area contributed by atoms with Crippen molar-refractivity contribution < 1.29 is 0 Å². The van der Waals surface area contributed by atoms with E-state index in [2.05, 4.69) is 20.3 Å². The van der Waals surface area contributed by atoms with Crippen molar-refractivity contribution in [3.05, 3.63) is 69.8 Å². The second-order valence-corrected chi connectivity index (χ2v) is 6.97. The van der Waals surface area contributed by atoms with Gasteiger partial charge < -0.3 is 16.8 Å². The number of hydrogen-bond acceptors (Lipinski definition) is 5. The van der Waals surface area contributed by atoms with Gasteiger partial charge in [0.15, 0.2) is 5.82 Å². The number of nitrogens with two attached hydrogens (primary N) is 2. The van der Waals surface area contributed by atoms with E-state index in [1.165, 1.54) is 0 Å². The van der Waals surface area contributed by atoms with Crippen LogP contribution in [-0.2, 0) is 0 Å². The first-order valence-corrected chi connectivity index (χ1v) is 9.39. The lowest BCUT2D eigenvalue weighted by atomic mass is 10.1. The van der Waals surface area contributed by atoms with E-state index in [0.29, 0.717) is 46.3 Å². The predicted octanol–water partition coefficient (Wildman–Crippen LogP) is 4.16. The fourth-order valence-electron chi connectivity index (χ4n) is 2.63. The van der Waals surface area contributed by atoms with Gasteiger partial charge in [0.2, 0.25) is 0 Å². The Bertz CT molecular complexity index is 1020. The fourth-order valence-corrected chi connectivity index (χ4v) is 3.12. The Morgan fingerprint density at radius 2 is 1.89 bits per heavy atom. The number of rotatable bonds is 6. The van der Waals surface area contributed by atoms with Crippen LogP contribution in [0.3, 0.4) is 0 Å². The van der Waals surface area contributed by atoms with E-state index in [4.69, 9.17) is 34.7 Å². The van der Waals surface area contributed by atoms with E-state index < -0.39 is 0 Å². The van der Waals surface area contributed by atoms with Gasteiger partial charge in [-0.3, -0.25) is 4.99 Å². The summed E-state index contributed by atoms with van der Waals surface area (Å²) < 4.78 is 0. The lowest BCUT2D eigenvalue weighted by Gasteiger charge is -2.09. The van der Waals surface area contributed by atoms with Crippen LogP contribution in [0.4, 0.5) is 11.5 Å². The average molecular weight is 415 g/mol. The third kappa shape index (κ3) is 4.91. The summed E-state index contributed by atoms with van der Waals surface area (Å²) in [6.45, 7) is 2.92. The van der Waals surface area contributed by atoms with Crippen molar-refractivity contribution >= 4 is 40.5 Å².